The highest BCUT2D eigenvalue weighted by Crippen LogP contribution is 2.34. The first kappa shape index (κ1) is 20.7. The van der Waals surface area contributed by atoms with Crippen molar-refractivity contribution < 1.29 is 18.0 Å². The fourth-order valence-electron chi connectivity index (χ4n) is 3.36. The first-order chi connectivity index (χ1) is 13.4. The van der Waals surface area contributed by atoms with Gasteiger partial charge in [-0.05, 0) is 53.4 Å². The lowest BCUT2D eigenvalue weighted by Gasteiger charge is -2.14. The quantitative estimate of drug-likeness (QED) is 0.546. The molecule has 0 saturated heterocycles. The number of halogens is 4. The first-order valence-corrected chi connectivity index (χ1v) is 8.86. The molecule has 29 heavy (non-hydrogen) atoms. The average Bonchev–Trinajstić information content (AvgIpc) is 3.15. The summed E-state index contributed by atoms with van der Waals surface area (Å²) in [6, 6.07) is 17.6. The number of rotatable bonds is 3. The van der Waals surface area contributed by atoms with E-state index in [9.17, 15) is 18.0 Å². The van der Waals surface area contributed by atoms with Gasteiger partial charge in [0.1, 0.15) is 0 Å². The lowest BCUT2D eigenvalue weighted by atomic mass is 9.96. The zero-order valence-electron chi connectivity index (χ0n) is 15.2. The molecular weight excluding hydrogens is 401 g/mol. The van der Waals surface area contributed by atoms with E-state index in [0.717, 1.165) is 36.3 Å². The number of hydrogen-bond acceptors (Lipinski definition) is 2. The highest BCUT2D eigenvalue weighted by atomic mass is 35.5. The van der Waals surface area contributed by atoms with E-state index in [1.54, 1.807) is 30.3 Å². The van der Waals surface area contributed by atoms with Crippen LogP contribution in [0.2, 0.25) is 0 Å². The summed E-state index contributed by atoms with van der Waals surface area (Å²) < 4.78 is 39.6. The second-order valence-corrected chi connectivity index (χ2v) is 6.63. The summed E-state index contributed by atoms with van der Waals surface area (Å²) in [4.78, 5) is 12.9. The maximum absolute atomic E-state index is 13.2. The molecule has 0 bridgehead atoms. The Morgan fingerprint density at radius 3 is 2.45 bits per heavy atom. The van der Waals surface area contributed by atoms with Crippen molar-refractivity contribution in [2.45, 2.75) is 12.6 Å². The van der Waals surface area contributed by atoms with E-state index in [1.807, 2.05) is 18.2 Å². The van der Waals surface area contributed by atoms with Crippen LogP contribution in [0.25, 0.3) is 11.1 Å². The Morgan fingerprint density at radius 2 is 1.72 bits per heavy atom. The molecule has 0 atom stereocenters. The molecule has 4 rings (SSSR count). The Balaban J connectivity index is 0.00000240. The number of amides is 1. The van der Waals surface area contributed by atoms with Gasteiger partial charge in [-0.2, -0.15) is 13.2 Å². The SMILES string of the molecule is Cl.O=C(Nc1ccc2c(c1)CCN2)c1cc(C(F)(F)F)ccc1-c1ccccc1. The Labute approximate surface area is 172 Å². The third-order valence-corrected chi connectivity index (χ3v) is 4.75. The van der Waals surface area contributed by atoms with Crippen LogP contribution in [0.1, 0.15) is 21.5 Å². The summed E-state index contributed by atoms with van der Waals surface area (Å²) in [7, 11) is 0. The lowest BCUT2D eigenvalue weighted by Crippen LogP contribution is -2.15. The summed E-state index contributed by atoms with van der Waals surface area (Å²) in [6.07, 6.45) is -3.68. The van der Waals surface area contributed by atoms with E-state index in [0.29, 0.717) is 16.8 Å². The molecule has 0 radical (unpaired) electrons. The van der Waals surface area contributed by atoms with Crippen LogP contribution >= 0.6 is 12.4 Å². The Bertz CT molecular complexity index is 1040. The second kappa shape index (κ2) is 8.17. The molecule has 0 aliphatic carbocycles. The lowest BCUT2D eigenvalue weighted by molar-refractivity contribution is -0.137. The third kappa shape index (κ3) is 4.38. The largest absolute Gasteiger partial charge is 0.416 e. The van der Waals surface area contributed by atoms with Gasteiger partial charge in [0.2, 0.25) is 0 Å². The molecular formula is C22H18ClF3N2O. The number of carbonyl (C=O) groups is 1. The molecule has 1 heterocycles. The first-order valence-electron chi connectivity index (χ1n) is 8.86. The van der Waals surface area contributed by atoms with E-state index in [2.05, 4.69) is 10.6 Å². The van der Waals surface area contributed by atoms with Crippen molar-refractivity contribution in [3.05, 3.63) is 83.4 Å². The van der Waals surface area contributed by atoms with Crippen molar-refractivity contribution >= 4 is 29.7 Å². The topological polar surface area (TPSA) is 41.1 Å². The number of carbonyl (C=O) groups excluding carboxylic acids is 1. The van der Waals surface area contributed by atoms with Gasteiger partial charge < -0.3 is 10.6 Å². The van der Waals surface area contributed by atoms with Crippen LogP contribution in [0, 0.1) is 0 Å². The molecule has 7 heteroatoms. The molecule has 0 fully saturated rings. The number of fused-ring (bicyclic) bond motifs is 1. The predicted molar refractivity (Wildman–Crippen MR) is 111 cm³/mol. The van der Waals surface area contributed by atoms with Gasteiger partial charge in [-0.1, -0.05) is 36.4 Å². The predicted octanol–water partition coefficient (Wildman–Crippen LogP) is 6.01. The molecule has 0 spiro atoms. The van der Waals surface area contributed by atoms with Crippen molar-refractivity contribution in [3.8, 4) is 11.1 Å². The van der Waals surface area contributed by atoms with Gasteiger partial charge in [0, 0.05) is 23.5 Å². The van der Waals surface area contributed by atoms with Gasteiger partial charge in [-0.15, -0.1) is 12.4 Å². The number of alkyl halides is 3. The van der Waals surface area contributed by atoms with Crippen molar-refractivity contribution in [2.24, 2.45) is 0 Å². The van der Waals surface area contributed by atoms with Gasteiger partial charge in [-0.3, -0.25) is 4.79 Å². The van der Waals surface area contributed by atoms with Gasteiger partial charge in [0.05, 0.1) is 5.56 Å². The fourth-order valence-corrected chi connectivity index (χ4v) is 3.36. The molecule has 1 aliphatic heterocycles. The Kier molecular flexibility index (Phi) is 5.84. The van der Waals surface area contributed by atoms with E-state index < -0.39 is 17.6 Å². The Morgan fingerprint density at radius 1 is 0.966 bits per heavy atom. The van der Waals surface area contributed by atoms with Gasteiger partial charge in [-0.25, -0.2) is 0 Å². The second-order valence-electron chi connectivity index (χ2n) is 6.63. The number of nitrogens with one attached hydrogen (secondary N) is 2. The summed E-state index contributed by atoms with van der Waals surface area (Å²) in [5, 5.41) is 5.97. The highest BCUT2D eigenvalue weighted by Gasteiger charge is 2.32. The van der Waals surface area contributed by atoms with Crippen LogP contribution in [0.5, 0.6) is 0 Å². The minimum absolute atomic E-state index is 0. The highest BCUT2D eigenvalue weighted by molar-refractivity contribution is 6.09. The zero-order chi connectivity index (χ0) is 19.7. The molecule has 0 aromatic heterocycles. The van der Waals surface area contributed by atoms with Crippen LogP contribution in [0.3, 0.4) is 0 Å². The number of benzene rings is 3. The van der Waals surface area contributed by atoms with Crippen molar-refractivity contribution in [2.75, 3.05) is 17.2 Å². The molecule has 0 unspecified atom stereocenters. The van der Waals surface area contributed by atoms with Crippen LogP contribution < -0.4 is 10.6 Å². The molecule has 1 aliphatic rings. The average molecular weight is 419 g/mol. The van der Waals surface area contributed by atoms with Crippen LogP contribution in [-0.2, 0) is 12.6 Å². The number of hydrogen-bond donors (Lipinski definition) is 2. The van der Waals surface area contributed by atoms with Crippen LogP contribution in [0.4, 0.5) is 24.5 Å². The van der Waals surface area contributed by atoms with Crippen molar-refractivity contribution in [1.82, 2.24) is 0 Å². The summed E-state index contributed by atoms with van der Waals surface area (Å²) in [5.41, 5.74) is 2.92. The summed E-state index contributed by atoms with van der Waals surface area (Å²) in [5.74, 6) is -0.573. The van der Waals surface area contributed by atoms with Gasteiger partial charge >= 0.3 is 6.18 Å². The van der Waals surface area contributed by atoms with Crippen LogP contribution in [-0.4, -0.2) is 12.5 Å². The fraction of sp³-hybridized carbons (Fsp3) is 0.136. The molecule has 3 aromatic carbocycles. The van der Waals surface area contributed by atoms with Gasteiger partial charge in [0.25, 0.3) is 5.91 Å². The number of anilines is 2. The Hall–Kier alpha value is -2.99. The smallest absolute Gasteiger partial charge is 0.384 e. The summed E-state index contributed by atoms with van der Waals surface area (Å²) >= 11 is 0. The standard InChI is InChI=1S/C22H17F3N2O.ClH/c23-22(24,25)16-6-8-18(14-4-2-1-3-5-14)19(13-16)21(28)27-17-7-9-20-15(12-17)10-11-26-20;/h1-9,12-13,26H,10-11H2,(H,27,28);1H. The normalized spacial score (nSPS) is 12.5. The molecule has 3 aromatic rings. The van der Waals surface area contributed by atoms with E-state index in [1.165, 1.54) is 6.07 Å². The van der Waals surface area contributed by atoms with E-state index in [4.69, 9.17) is 0 Å². The monoisotopic (exact) mass is 418 g/mol. The molecule has 150 valence electrons. The summed E-state index contributed by atoms with van der Waals surface area (Å²) in [6.45, 7) is 0.832. The van der Waals surface area contributed by atoms with Crippen molar-refractivity contribution in [1.29, 1.82) is 0 Å². The maximum atomic E-state index is 13.2. The third-order valence-electron chi connectivity index (χ3n) is 4.75. The minimum atomic E-state index is -4.52. The van der Waals surface area contributed by atoms with E-state index in [-0.39, 0.29) is 18.0 Å². The zero-order valence-corrected chi connectivity index (χ0v) is 16.0. The molecule has 2 N–H and O–H groups in total. The maximum Gasteiger partial charge on any atom is 0.416 e. The van der Waals surface area contributed by atoms with Gasteiger partial charge in [0.15, 0.2) is 0 Å². The van der Waals surface area contributed by atoms with E-state index >= 15 is 0 Å². The van der Waals surface area contributed by atoms with Crippen molar-refractivity contribution in [3.63, 3.8) is 0 Å². The minimum Gasteiger partial charge on any atom is -0.384 e. The molecule has 1 amide bonds. The van der Waals surface area contributed by atoms with Crippen LogP contribution in [0.15, 0.2) is 66.7 Å². The molecule has 0 saturated carbocycles. The molecule has 3 nitrogen and oxygen atoms in total.